The molecule has 2 aromatic rings. The third-order valence-electron chi connectivity index (χ3n) is 6.84. The SMILES string of the molecule is COc1cc2c(cc1OC)[C@H](C(=O)N1C[C@H](C)C[C@H](C)C1)[C@H](c1ccccc1F)N(C)C2=O. The van der Waals surface area contributed by atoms with Crippen LogP contribution < -0.4 is 9.47 Å². The Kier molecular flexibility index (Phi) is 6.32. The molecular formula is C26H31FN2O4. The predicted molar refractivity (Wildman–Crippen MR) is 123 cm³/mol. The third-order valence-corrected chi connectivity index (χ3v) is 6.84. The van der Waals surface area contributed by atoms with Crippen LogP contribution in [0.5, 0.6) is 11.5 Å². The topological polar surface area (TPSA) is 59.1 Å². The number of amides is 2. The Morgan fingerprint density at radius 1 is 1.00 bits per heavy atom. The monoisotopic (exact) mass is 454 g/mol. The molecule has 33 heavy (non-hydrogen) atoms. The minimum Gasteiger partial charge on any atom is -0.493 e. The zero-order valence-electron chi connectivity index (χ0n) is 19.8. The van der Waals surface area contributed by atoms with E-state index in [0.29, 0.717) is 53.1 Å². The molecule has 1 saturated heterocycles. The highest BCUT2D eigenvalue weighted by Crippen LogP contribution is 2.47. The summed E-state index contributed by atoms with van der Waals surface area (Å²) in [6, 6.07) is 8.90. The fourth-order valence-corrected chi connectivity index (χ4v) is 5.46. The summed E-state index contributed by atoms with van der Waals surface area (Å²) >= 11 is 0. The van der Waals surface area contributed by atoms with Crippen LogP contribution in [0.15, 0.2) is 36.4 Å². The Bertz CT molecular complexity index is 1060. The summed E-state index contributed by atoms with van der Waals surface area (Å²) in [5, 5.41) is 0. The van der Waals surface area contributed by atoms with Gasteiger partial charge in [0, 0.05) is 31.3 Å². The Hall–Kier alpha value is -3.09. The Morgan fingerprint density at radius 2 is 1.61 bits per heavy atom. The largest absolute Gasteiger partial charge is 0.493 e. The number of halogens is 1. The van der Waals surface area contributed by atoms with Gasteiger partial charge in [0.05, 0.1) is 26.2 Å². The zero-order valence-corrected chi connectivity index (χ0v) is 19.8. The fourth-order valence-electron chi connectivity index (χ4n) is 5.46. The van der Waals surface area contributed by atoms with Crippen LogP contribution in [0, 0.1) is 17.7 Å². The van der Waals surface area contributed by atoms with Crippen molar-refractivity contribution in [3.05, 3.63) is 58.9 Å². The van der Waals surface area contributed by atoms with Crippen LogP contribution in [0.2, 0.25) is 0 Å². The van der Waals surface area contributed by atoms with Crippen LogP contribution in [0.1, 0.15) is 53.7 Å². The average molecular weight is 455 g/mol. The summed E-state index contributed by atoms with van der Waals surface area (Å²) < 4.78 is 25.9. The number of carbonyl (C=O) groups is 2. The summed E-state index contributed by atoms with van der Waals surface area (Å²) in [4.78, 5) is 30.9. The number of nitrogens with zero attached hydrogens (tertiary/aromatic N) is 2. The van der Waals surface area contributed by atoms with Crippen LogP contribution in [0.3, 0.4) is 0 Å². The van der Waals surface area contributed by atoms with Crippen molar-refractivity contribution in [3.8, 4) is 11.5 Å². The molecular weight excluding hydrogens is 423 g/mol. The molecule has 2 heterocycles. The normalized spacial score (nSPS) is 25.0. The minimum absolute atomic E-state index is 0.102. The molecule has 4 rings (SSSR count). The maximum atomic E-state index is 15.0. The van der Waals surface area contributed by atoms with Crippen molar-refractivity contribution < 1.29 is 23.5 Å². The lowest BCUT2D eigenvalue weighted by Crippen LogP contribution is -2.50. The summed E-state index contributed by atoms with van der Waals surface area (Å²) in [5.41, 5.74) is 1.24. The number of likely N-dealkylation sites (N-methyl/N-ethyl adjacent to an activating group) is 1. The lowest BCUT2D eigenvalue weighted by Gasteiger charge is -2.44. The number of fused-ring (bicyclic) bond motifs is 1. The maximum Gasteiger partial charge on any atom is 0.254 e. The molecule has 0 aliphatic carbocycles. The lowest BCUT2D eigenvalue weighted by molar-refractivity contribution is -0.137. The van der Waals surface area contributed by atoms with Crippen molar-refractivity contribution in [1.29, 1.82) is 0 Å². The van der Waals surface area contributed by atoms with Gasteiger partial charge >= 0.3 is 0 Å². The molecule has 6 nitrogen and oxygen atoms in total. The molecule has 0 unspecified atom stereocenters. The van der Waals surface area contributed by atoms with Crippen molar-refractivity contribution in [1.82, 2.24) is 9.80 Å². The van der Waals surface area contributed by atoms with Gasteiger partial charge in [-0.2, -0.15) is 0 Å². The Balaban J connectivity index is 1.91. The smallest absolute Gasteiger partial charge is 0.254 e. The van der Waals surface area contributed by atoms with Gasteiger partial charge in [0.25, 0.3) is 5.91 Å². The molecule has 0 radical (unpaired) electrons. The predicted octanol–water partition coefficient (Wildman–Crippen LogP) is 4.26. The number of ether oxygens (including phenoxy) is 2. The second-order valence-electron chi connectivity index (χ2n) is 9.34. The van der Waals surface area contributed by atoms with E-state index in [9.17, 15) is 9.59 Å². The van der Waals surface area contributed by atoms with E-state index >= 15 is 4.39 Å². The Morgan fingerprint density at radius 3 is 2.21 bits per heavy atom. The van der Waals surface area contributed by atoms with Gasteiger partial charge in [0.2, 0.25) is 5.91 Å². The van der Waals surface area contributed by atoms with Crippen molar-refractivity contribution in [3.63, 3.8) is 0 Å². The van der Waals surface area contributed by atoms with E-state index in [4.69, 9.17) is 9.47 Å². The van der Waals surface area contributed by atoms with Crippen molar-refractivity contribution in [2.45, 2.75) is 32.2 Å². The molecule has 0 aromatic heterocycles. The number of hydrogen-bond donors (Lipinski definition) is 0. The highest BCUT2D eigenvalue weighted by atomic mass is 19.1. The van der Waals surface area contributed by atoms with E-state index in [1.807, 2.05) is 4.90 Å². The first-order valence-electron chi connectivity index (χ1n) is 11.3. The summed E-state index contributed by atoms with van der Waals surface area (Å²) in [6.45, 7) is 5.57. The van der Waals surface area contributed by atoms with Crippen LogP contribution in [-0.4, -0.2) is 56.0 Å². The molecule has 0 saturated carbocycles. The van der Waals surface area contributed by atoms with E-state index < -0.39 is 17.8 Å². The van der Waals surface area contributed by atoms with Crippen molar-refractivity contribution in [2.75, 3.05) is 34.4 Å². The standard InChI is InChI=1S/C26H31FN2O4/c1-15-10-16(2)14-29(13-15)26(31)23-18-11-21(32-4)22(33-5)12-19(18)25(30)28(3)24(23)17-8-6-7-9-20(17)27/h6-9,11-12,15-16,23-24H,10,13-14H2,1-5H3/t15-,16+,23-,24-/m0/s1. The van der Waals surface area contributed by atoms with Crippen molar-refractivity contribution >= 4 is 11.8 Å². The first-order chi connectivity index (χ1) is 15.8. The molecule has 7 heteroatoms. The van der Waals surface area contributed by atoms with E-state index in [1.54, 1.807) is 37.4 Å². The van der Waals surface area contributed by atoms with Crippen LogP contribution in [-0.2, 0) is 4.79 Å². The first-order valence-corrected chi connectivity index (χ1v) is 11.3. The van der Waals surface area contributed by atoms with Gasteiger partial charge in [-0.3, -0.25) is 9.59 Å². The lowest BCUT2D eigenvalue weighted by atomic mass is 9.78. The minimum atomic E-state index is -0.774. The summed E-state index contributed by atoms with van der Waals surface area (Å²) in [5.74, 6) is -0.0121. The van der Waals surface area contributed by atoms with Gasteiger partial charge < -0.3 is 19.3 Å². The van der Waals surface area contributed by atoms with Gasteiger partial charge in [-0.05, 0) is 42.0 Å². The zero-order chi connectivity index (χ0) is 23.9. The number of piperidine rings is 1. The van der Waals surface area contributed by atoms with E-state index in [1.165, 1.54) is 25.2 Å². The average Bonchev–Trinajstić information content (AvgIpc) is 2.80. The van der Waals surface area contributed by atoms with Gasteiger partial charge in [-0.25, -0.2) is 4.39 Å². The van der Waals surface area contributed by atoms with Crippen LogP contribution in [0.4, 0.5) is 4.39 Å². The Labute approximate surface area is 194 Å². The van der Waals surface area contributed by atoms with E-state index in [2.05, 4.69) is 13.8 Å². The molecule has 0 bridgehead atoms. The van der Waals surface area contributed by atoms with Gasteiger partial charge in [0.15, 0.2) is 11.5 Å². The molecule has 0 N–H and O–H groups in total. The quantitative estimate of drug-likeness (QED) is 0.693. The van der Waals surface area contributed by atoms with Gasteiger partial charge in [-0.1, -0.05) is 32.0 Å². The van der Waals surface area contributed by atoms with Crippen LogP contribution in [0.25, 0.3) is 0 Å². The molecule has 2 aromatic carbocycles. The summed E-state index contributed by atoms with van der Waals surface area (Å²) in [7, 11) is 4.64. The highest BCUT2D eigenvalue weighted by molar-refractivity contribution is 6.02. The number of carbonyl (C=O) groups excluding carboxylic acids is 2. The van der Waals surface area contributed by atoms with E-state index in [0.717, 1.165) is 6.42 Å². The molecule has 4 atom stereocenters. The van der Waals surface area contributed by atoms with Gasteiger partial charge in [-0.15, -0.1) is 0 Å². The maximum absolute atomic E-state index is 15.0. The number of benzene rings is 2. The molecule has 0 spiro atoms. The van der Waals surface area contributed by atoms with E-state index in [-0.39, 0.29) is 11.8 Å². The van der Waals surface area contributed by atoms with Gasteiger partial charge in [0.1, 0.15) is 5.82 Å². The molecule has 176 valence electrons. The second kappa shape index (κ2) is 9.04. The molecule has 2 amide bonds. The summed E-state index contributed by atoms with van der Waals surface area (Å²) in [6.07, 6.45) is 1.06. The third kappa shape index (κ3) is 4.05. The number of rotatable bonds is 4. The first kappa shape index (κ1) is 23.1. The number of hydrogen-bond acceptors (Lipinski definition) is 4. The number of likely N-dealkylation sites (tertiary alicyclic amines) is 1. The second-order valence-corrected chi connectivity index (χ2v) is 9.34. The fraction of sp³-hybridized carbons (Fsp3) is 0.462. The molecule has 2 aliphatic rings. The number of methoxy groups -OCH3 is 2. The molecule has 1 fully saturated rings. The van der Waals surface area contributed by atoms with Crippen molar-refractivity contribution in [2.24, 2.45) is 11.8 Å². The van der Waals surface area contributed by atoms with Crippen LogP contribution >= 0.6 is 0 Å². The molecule has 2 aliphatic heterocycles. The highest BCUT2D eigenvalue weighted by Gasteiger charge is 2.46.